The van der Waals surface area contributed by atoms with Crippen molar-refractivity contribution in [2.24, 2.45) is 0 Å². The van der Waals surface area contributed by atoms with Crippen molar-refractivity contribution in [3.05, 3.63) is 53.7 Å². The number of aromatic hydroxyl groups is 1. The Bertz CT molecular complexity index is 777. The molecule has 1 N–H and O–H groups in total. The zero-order valence-electron chi connectivity index (χ0n) is 10.7. The lowest BCUT2D eigenvalue weighted by Gasteiger charge is -2.09. The third-order valence-corrected chi connectivity index (χ3v) is 3.27. The zero-order valence-corrected chi connectivity index (χ0v) is 10.7. The van der Waals surface area contributed by atoms with Gasteiger partial charge in [-0.15, -0.1) is 0 Å². The van der Waals surface area contributed by atoms with Gasteiger partial charge in [-0.05, 0) is 37.1 Å². The molecule has 3 aromatic rings. The van der Waals surface area contributed by atoms with E-state index in [4.69, 9.17) is 0 Å². The minimum atomic E-state index is -0.429. The second-order valence-electron chi connectivity index (χ2n) is 4.69. The highest BCUT2D eigenvalue weighted by Crippen LogP contribution is 2.29. The van der Waals surface area contributed by atoms with Gasteiger partial charge in [0.2, 0.25) is 0 Å². The summed E-state index contributed by atoms with van der Waals surface area (Å²) in [5.74, 6) is -0.455. The van der Waals surface area contributed by atoms with Gasteiger partial charge >= 0.3 is 0 Å². The van der Waals surface area contributed by atoms with Gasteiger partial charge in [0.05, 0.1) is 0 Å². The normalized spacial score (nSPS) is 11.1. The maximum Gasteiger partial charge on any atom is 0.139 e. The largest absolute Gasteiger partial charge is 0.508 e. The van der Waals surface area contributed by atoms with E-state index in [1.807, 2.05) is 29.8 Å². The van der Waals surface area contributed by atoms with Crippen molar-refractivity contribution in [2.45, 2.75) is 13.8 Å². The first-order valence-electron chi connectivity index (χ1n) is 5.99. The predicted octanol–water partition coefficient (Wildman–Crippen LogP) is 3.46. The number of pyridine rings is 1. The first-order chi connectivity index (χ1) is 9.06. The molecule has 19 heavy (non-hydrogen) atoms. The van der Waals surface area contributed by atoms with Crippen LogP contribution in [0.3, 0.4) is 0 Å². The number of hydrogen-bond acceptors (Lipinski definition) is 2. The minimum Gasteiger partial charge on any atom is -0.508 e. The third-order valence-electron chi connectivity index (χ3n) is 3.27. The van der Waals surface area contributed by atoms with Crippen molar-refractivity contribution in [3.8, 4) is 16.9 Å². The average Bonchev–Trinajstić information content (AvgIpc) is 2.82. The summed E-state index contributed by atoms with van der Waals surface area (Å²) >= 11 is 0. The van der Waals surface area contributed by atoms with Crippen LogP contribution in [0.1, 0.15) is 11.1 Å². The number of fused-ring (bicyclic) bond motifs is 1. The van der Waals surface area contributed by atoms with Crippen molar-refractivity contribution in [1.82, 2.24) is 9.38 Å². The van der Waals surface area contributed by atoms with E-state index in [-0.39, 0.29) is 5.75 Å². The zero-order chi connectivity index (χ0) is 13.6. The fraction of sp³-hybridized carbons (Fsp3) is 0.133. The van der Waals surface area contributed by atoms with E-state index in [2.05, 4.69) is 4.98 Å². The number of hydrogen-bond donors (Lipinski definition) is 1. The molecule has 96 valence electrons. The van der Waals surface area contributed by atoms with E-state index in [0.29, 0.717) is 11.1 Å². The summed E-state index contributed by atoms with van der Waals surface area (Å²) in [5, 5.41) is 9.51. The Morgan fingerprint density at radius 3 is 2.74 bits per heavy atom. The molecule has 0 radical (unpaired) electrons. The quantitative estimate of drug-likeness (QED) is 0.724. The van der Waals surface area contributed by atoms with E-state index in [1.54, 1.807) is 19.2 Å². The first-order valence-corrected chi connectivity index (χ1v) is 5.99. The van der Waals surface area contributed by atoms with Crippen molar-refractivity contribution >= 4 is 5.65 Å². The number of nitrogens with zero attached hydrogens (tertiary/aromatic N) is 2. The Kier molecular flexibility index (Phi) is 2.52. The molecule has 0 fully saturated rings. The molecule has 1 aromatic carbocycles. The van der Waals surface area contributed by atoms with Crippen LogP contribution in [0.4, 0.5) is 4.39 Å². The summed E-state index contributed by atoms with van der Waals surface area (Å²) in [6, 6.07) is 4.71. The van der Waals surface area contributed by atoms with E-state index < -0.39 is 5.82 Å². The van der Waals surface area contributed by atoms with Crippen LogP contribution in [0, 0.1) is 19.7 Å². The molecule has 0 bridgehead atoms. The smallest absolute Gasteiger partial charge is 0.139 e. The lowest BCUT2D eigenvalue weighted by atomic mass is 10.0. The van der Waals surface area contributed by atoms with E-state index in [1.165, 1.54) is 0 Å². The van der Waals surface area contributed by atoms with Crippen LogP contribution in [-0.2, 0) is 0 Å². The van der Waals surface area contributed by atoms with E-state index in [0.717, 1.165) is 22.8 Å². The topological polar surface area (TPSA) is 37.5 Å². The number of aromatic nitrogens is 2. The summed E-state index contributed by atoms with van der Waals surface area (Å²) in [6.45, 7) is 3.69. The van der Waals surface area contributed by atoms with Crippen LogP contribution < -0.4 is 0 Å². The number of aryl methyl sites for hydroxylation is 2. The maximum atomic E-state index is 14.0. The van der Waals surface area contributed by atoms with E-state index >= 15 is 0 Å². The summed E-state index contributed by atoms with van der Waals surface area (Å²) in [4.78, 5) is 4.24. The van der Waals surface area contributed by atoms with Crippen molar-refractivity contribution in [3.63, 3.8) is 0 Å². The number of rotatable bonds is 1. The van der Waals surface area contributed by atoms with Crippen LogP contribution in [0.5, 0.6) is 5.75 Å². The van der Waals surface area contributed by atoms with Crippen LogP contribution in [-0.4, -0.2) is 14.5 Å². The van der Waals surface area contributed by atoms with Crippen molar-refractivity contribution in [1.29, 1.82) is 0 Å². The van der Waals surface area contributed by atoms with Crippen LogP contribution in [0.15, 0.2) is 36.8 Å². The van der Waals surface area contributed by atoms with Gasteiger partial charge in [-0.1, -0.05) is 0 Å². The molecule has 0 atom stereocenters. The predicted molar refractivity (Wildman–Crippen MR) is 71.7 cm³/mol. The molecule has 0 aliphatic heterocycles. The molecule has 2 heterocycles. The van der Waals surface area contributed by atoms with E-state index in [9.17, 15) is 9.50 Å². The molecule has 0 aliphatic carbocycles. The van der Waals surface area contributed by atoms with Crippen molar-refractivity contribution < 1.29 is 9.50 Å². The minimum absolute atomic E-state index is 0.0262. The first kappa shape index (κ1) is 11.7. The SMILES string of the molecule is Cc1cc(-c2cc(C)c3nccn3c2)c(F)cc1O. The van der Waals surface area contributed by atoms with Crippen LogP contribution >= 0.6 is 0 Å². The summed E-state index contributed by atoms with van der Waals surface area (Å²) in [5.41, 5.74) is 3.74. The molecule has 0 saturated carbocycles. The second-order valence-corrected chi connectivity index (χ2v) is 4.69. The third kappa shape index (κ3) is 1.85. The highest BCUT2D eigenvalue weighted by atomic mass is 19.1. The Balaban J connectivity index is 2.27. The van der Waals surface area contributed by atoms with Gasteiger partial charge < -0.3 is 9.51 Å². The van der Waals surface area contributed by atoms with Gasteiger partial charge in [0.25, 0.3) is 0 Å². The van der Waals surface area contributed by atoms with Crippen LogP contribution in [0.25, 0.3) is 16.8 Å². The Morgan fingerprint density at radius 2 is 1.95 bits per heavy atom. The molecule has 4 heteroatoms. The average molecular weight is 256 g/mol. The Hall–Kier alpha value is -2.36. The summed E-state index contributed by atoms with van der Waals surface area (Å²) < 4.78 is 15.9. The Morgan fingerprint density at radius 1 is 1.16 bits per heavy atom. The molecule has 3 rings (SSSR count). The molecule has 0 amide bonds. The molecular formula is C15H13FN2O. The number of imidazole rings is 1. The molecule has 0 unspecified atom stereocenters. The molecule has 0 saturated heterocycles. The van der Waals surface area contributed by atoms with Gasteiger partial charge in [-0.2, -0.15) is 0 Å². The monoisotopic (exact) mass is 256 g/mol. The van der Waals surface area contributed by atoms with Gasteiger partial charge in [-0.25, -0.2) is 9.37 Å². The van der Waals surface area contributed by atoms with Crippen LogP contribution in [0.2, 0.25) is 0 Å². The summed E-state index contributed by atoms with van der Waals surface area (Å²) in [7, 11) is 0. The number of phenols is 1. The fourth-order valence-corrected chi connectivity index (χ4v) is 2.25. The van der Waals surface area contributed by atoms with Gasteiger partial charge in [0.15, 0.2) is 0 Å². The van der Waals surface area contributed by atoms with Gasteiger partial charge in [-0.3, -0.25) is 0 Å². The number of benzene rings is 1. The highest BCUT2D eigenvalue weighted by Gasteiger charge is 2.11. The lowest BCUT2D eigenvalue weighted by Crippen LogP contribution is -1.93. The molecule has 0 spiro atoms. The fourth-order valence-electron chi connectivity index (χ4n) is 2.25. The maximum absolute atomic E-state index is 14.0. The molecular weight excluding hydrogens is 243 g/mol. The Labute approximate surface area is 110 Å². The summed E-state index contributed by atoms with van der Waals surface area (Å²) in [6.07, 6.45) is 5.38. The number of halogens is 1. The van der Waals surface area contributed by atoms with Gasteiger partial charge in [0, 0.05) is 35.8 Å². The molecule has 2 aromatic heterocycles. The lowest BCUT2D eigenvalue weighted by molar-refractivity contribution is 0.465. The second kappa shape index (κ2) is 4.09. The number of phenolic OH excluding ortho intramolecular Hbond substituents is 1. The standard InChI is InChI=1S/C15H13FN2O/c1-9-6-12(13(16)7-14(9)19)11-5-10(2)15-17-3-4-18(15)8-11/h3-8,19H,1-2H3. The highest BCUT2D eigenvalue weighted by molar-refractivity contribution is 5.69. The molecule has 3 nitrogen and oxygen atoms in total. The van der Waals surface area contributed by atoms with Crippen molar-refractivity contribution in [2.75, 3.05) is 0 Å². The van der Waals surface area contributed by atoms with Gasteiger partial charge in [0.1, 0.15) is 17.2 Å². The molecule has 0 aliphatic rings.